The number of amides is 2. The van der Waals surface area contributed by atoms with Crippen molar-refractivity contribution in [1.82, 2.24) is 10.6 Å². The summed E-state index contributed by atoms with van der Waals surface area (Å²) < 4.78 is 0. The summed E-state index contributed by atoms with van der Waals surface area (Å²) >= 11 is 0. The Labute approximate surface area is 175 Å². The fourth-order valence-corrected chi connectivity index (χ4v) is 9.86. The number of carbonyl (C=O) groups is 2. The maximum atomic E-state index is 13.0. The van der Waals surface area contributed by atoms with Crippen LogP contribution in [0.2, 0.25) is 0 Å². The van der Waals surface area contributed by atoms with E-state index in [-0.39, 0.29) is 23.8 Å². The van der Waals surface area contributed by atoms with Crippen LogP contribution in [0.3, 0.4) is 0 Å². The van der Waals surface area contributed by atoms with Crippen LogP contribution in [0, 0.1) is 46.3 Å². The quantitative estimate of drug-likeness (QED) is 0.709. The Morgan fingerprint density at radius 3 is 1.59 bits per heavy atom. The second-order valence-electron chi connectivity index (χ2n) is 12.4. The highest BCUT2D eigenvalue weighted by atomic mass is 16.2. The predicted molar refractivity (Wildman–Crippen MR) is 112 cm³/mol. The second-order valence-corrected chi connectivity index (χ2v) is 12.4. The van der Waals surface area contributed by atoms with Gasteiger partial charge in [0.25, 0.3) is 0 Å². The predicted octanol–water partition coefficient (Wildman–Crippen LogP) is 4.04. The van der Waals surface area contributed by atoms with E-state index in [1.165, 1.54) is 57.8 Å². The molecular formula is C25H38N2O2. The van der Waals surface area contributed by atoms with Crippen LogP contribution in [0.5, 0.6) is 0 Å². The van der Waals surface area contributed by atoms with Crippen LogP contribution in [-0.2, 0) is 9.59 Å². The van der Waals surface area contributed by atoms with Crippen molar-refractivity contribution in [2.24, 2.45) is 46.3 Å². The van der Waals surface area contributed by atoms with Crippen LogP contribution >= 0.6 is 0 Å². The van der Waals surface area contributed by atoms with Gasteiger partial charge in [-0.1, -0.05) is 0 Å². The van der Waals surface area contributed by atoms with E-state index in [1.54, 1.807) is 0 Å². The molecule has 8 rings (SSSR count). The van der Waals surface area contributed by atoms with E-state index in [9.17, 15) is 9.59 Å². The monoisotopic (exact) mass is 398 g/mol. The first-order chi connectivity index (χ1) is 14.0. The molecule has 8 aliphatic rings. The van der Waals surface area contributed by atoms with Crippen molar-refractivity contribution in [2.75, 3.05) is 13.1 Å². The molecular weight excluding hydrogens is 360 g/mol. The van der Waals surface area contributed by atoms with Gasteiger partial charge in [-0.15, -0.1) is 0 Å². The van der Waals surface area contributed by atoms with Crippen LogP contribution in [-0.4, -0.2) is 24.9 Å². The van der Waals surface area contributed by atoms with E-state index >= 15 is 0 Å². The number of hydrogen-bond acceptors (Lipinski definition) is 2. The molecule has 0 aromatic heterocycles. The lowest BCUT2D eigenvalue weighted by atomic mass is 9.49. The number of hydrogen-bond donors (Lipinski definition) is 2. The van der Waals surface area contributed by atoms with Crippen molar-refractivity contribution in [2.45, 2.75) is 83.5 Å². The molecule has 2 N–H and O–H groups in total. The van der Waals surface area contributed by atoms with E-state index < -0.39 is 0 Å². The Balaban J connectivity index is 0.975. The first-order valence-corrected chi connectivity index (χ1v) is 12.5. The summed E-state index contributed by atoms with van der Waals surface area (Å²) in [6.45, 7) is 0.958. The molecule has 0 unspecified atom stereocenters. The van der Waals surface area contributed by atoms with Gasteiger partial charge in [0.1, 0.15) is 0 Å². The van der Waals surface area contributed by atoms with Gasteiger partial charge >= 0.3 is 0 Å². The van der Waals surface area contributed by atoms with Gasteiger partial charge in [-0.2, -0.15) is 0 Å². The smallest absolute Gasteiger partial charge is 0.239 e. The molecule has 0 aromatic carbocycles. The maximum Gasteiger partial charge on any atom is 0.239 e. The highest BCUT2D eigenvalue weighted by Crippen LogP contribution is 2.61. The Bertz CT molecular complexity index is 628. The minimum absolute atomic E-state index is 0.00723. The SMILES string of the molecule is O=C(CNC(=O)C12CC3CC(CC(C3)C1)C2)NCCC12CC3CC(CC(C3)C1)C2. The molecule has 0 atom stereocenters. The van der Waals surface area contributed by atoms with Gasteiger partial charge in [0.05, 0.1) is 6.54 Å². The molecule has 4 nitrogen and oxygen atoms in total. The second kappa shape index (κ2) is 6.72. The van der Waals surface area contributed by atoms with Gasteiger partial charge in [0.15, 0.2) is 0 Å². The zero-order valence-electron chi connectivity index (χ0n) is 17.9. The molecule has 0 saturated heterocycles. The molecule has 2 amide bonds. The average Bonchev–Trinajstić information content (AvgIpc) is 2.63. The molecule has 0 aliphatic heterocycles. The zero-order valence-corrected chi connectivity index (χ0v) is 17.9. The molecule has 29 heavy (non-hydrogen) atoms. The molecule has 0 radical (unpaired) electrons. The van der Waals surface area contributed by atoms with Crippen molar-refractivity contribution < 1.29 is 9.59 Å². The number of nitrogens with one attached hydrogen (secondary N) is 2. The van der Waals surface area contributed by atoms with Crippen molar-refractivity contribution in [3.63, 3.8) is 0 Å². The van der Waals surface area contributed by atoms with Gasteiger partial charge in [-0.3, -0.25) is 9.59 Å². The first kappa shape index (κ1) is 18.7. The molecule has 8 bridgehead atoms. The molecule has 4 heteroatoms. The largest absolute Gasteiger partial charge is 0.355 e. The van der Waals surface area contributed by atoms with Gasteiger partial charge in [-0.05, 0) is 124 Å². The van der Waals surface area contributed by atoms with Crippen LogP contribution in [0.15, 0.2) is 0 Å². The third-order valence-corrected chi connectivity index (χ3v) is 10.1. The summed E-state index contributed by atoms with van der Waals surface area (Å²) in [5.41, 5.74) is 0.374. The first-order valence-electron chi connectivity index (χ1n) is 12.5. The van der Waals surface area contributed by atoms with Crippen LogP contribution < -0.4 is 10.6 Å². The van der Waals surface area contributed by atoms with Gasteiger partial charge in [0, 0.05) is 12.0 Å². The third kappa shape index (κ3) is 3.33. The Morgan fingerprint density at radius 2 is 1.10 bits per heavy atom. The fourth-order valence-electron chi connectivity index (χ4n) is 9.86. The number of carbonyl (C=O) groups excluding carboxylic acids is 2. The molecule has 0 heterocycles. The van der Waals surface area contributed by atoms with E-state index in [2.05, 4.69) is 10.6 Å². The Kier molecular flexibility index (Phi) is 4.33. The van der Waals surface area contributed by atoms with Crippen LogP contribution in [0.4, 0.5) is 0 Å². The minimum atomic E-state index is -0.145. The zero-order chi connectivity index (χ0) is 19.6. The lowest BCUT2D eigenvalue weighted by molar-refractivity contribution is -0.147. The summed E-state index contributed by atoms with van der Waals surface area (Å²) in [5, 5.41) is 6.17. The van der Waals surface area contributed by atoms with E-state index in [0.29, 0.717) is 5.41 Å². The lowest BCUT2D eigenvalue weighted by Gasteiger charge is -2.57. The Morgan fingerprint density at radius 1 is 0.655 bits per heavy atom. The average molecular weight is 399 g/mol. The maximum absolute atomic E-state index is 13.0. The summed E-state index contributed by atoms with van der Waals surface area (Å²) in [7, 11) is 0. The van der Waals surface area contributed by atoms with Gasteiger partial charge in [-0.25, -0.2) is 0 Å². The van der Waals surface area contributed by atoms with Crippen molar-refractivity contribution in [3.05, 3.63) is 0 Å². The highest BCUT2D eigenvalue weighted by Gasteiger charge is 2.54. The molecule has 160 valence electrons. The molecule has 8 fully saturated rings. The van der Waals surface area contributed by atoms with Crippen LogP contribution in [0.25, 0.3) is 0 Å². The van der Waals surface area contributed by atoms with Crippen molar-refractivity contribution in [1.29, 1.82) is 0 Å². The normalized spacial score (nSPS) is 48.7. The highest BCUT2D eigenvalue weighted by molar-refractivity contribution is 5.88. The van der Waals surface area contributed by atoms with E-state index in [1.807, 2.05) is 0 Å². The van der Waals surface area contributed by atoms with E-state index in [4.69, 9.17) is 0 Å². The van der Waals surface area contributed by atoms with Crippen molar-refractivity contribution >= 4 is 11.8 Å². The minimum Gasteiger partial charge on any atom is -0.355 e. The summed E-state index contributed by atoms with van der Waals surface area (Å²) in [5.74, 6) is 5.38. The lowest BCUT2D eigenvalue weighted by Crippen LogP contribution is -2.54. The Hall–Kier alpha value is -1.06. The van der Waals surface area contributed by atoms with Gasteiger partial charge < -0.3 is 10.6 Å². The van der Waals surface area contributed by atoms with Crippen molar-refractivity contribution in [3.8, 4) is 0 Å². The standard InChI is InChI=1S/C25H38N2O2/c28-22(26-2-1-24-9-16-3-17(10-24)5-18(4-16)11-24)15-27-23(29)25-12-19-6-20(13-25)8-21(7-19)14-25/h16-21H,1-15H2,(H,26,28)(H,27,29). The molecule has 8 saturated carbocycles. The summed E-state index contributed by atoms with van der Waals surface area (Å²) in [6.07, 6.45) is 17.0. The summed E-state index contributed by atoms with van der Waals surface area (Å²) in [4.78, 5) is 25.4. The van der Waals surface area contributed by atoms with Crippen LogP contribution in [0.1, 0.15) is 83.5 Å². The third-order valence-electron chi connectivity index (χ3n) is 10.1. The molecule has 8 aliphatic carbocycles. The fraction of sp³-hybridized carbons (Fsp3) is 0.920. The topological polar surface area (TPSA) is 58.2 Å². The molecule has 0 spiro atoms. The number of rotatable bonds is 6. The summed E-state index contributed by atoms with van der Waals surface area (Å²) in [6, 6.07) is 0. The van der Waals surface area contributed by atoms with E-state index in [0.717, 1.165) is 67.7 Å². The molecule has 0 aromatic rings. The van der Waals surface area contributed by atoms with Gasteiger partial charge in [0.2, 0.25) is 11.8 Å².